The van der Waals surface area contributed by atoms with Crippen molar-refractivity contribution in [2.24, 2.45) is 5.41 Å². The molecule has 0 radical (unpaired) electrons. The van der Waals surface area contributed by atoms with Gasteiger partial charge < -0.3 is 14.6 Å². The van der Waals surface area contributed by atoms with Gasteiger partial charge in [-0.05, 0) is 19.8 Å². The molecule has 1 aliphatic carbocycles. The van der Waals surface area contributed by atoms with Gasteiger partial charge in [-0.15, -0.1) is 0 Å². The molecule has 2 fully saturated rings. The van der Waals surface area contributed by atoms with E-state index in [0.29, 0.717) is 13.2 Å². The van der Waals surface area contributed by atoms with Gasteiger partial charge in [0.1, 0.15) is 0 Å². The van der Waals surface area contributed by atoms with Gasteiger partial charge in [0.05, 0.1) is 19.3 Å². The second-order valence-corrected chi connectivity index (χ2v) is 4.67. The summed E-state index contributed by atoms with van der Waals surface area (Å²) in [5.41, 5.74) is -0.108. The van der Waals surface area contributed by atoms with Gasteiger partial charge >= 0.3 is 0 Å². The summed E-state index contributed by atoms with van der Waals surface area (Å²) in [6.07, 6.45) is 5.17. The van der Waals surface area contributed by atoms with Crippen LogP contribution in [-0.2, 0) is 9.47 Å². The fraction of sp³-hybridized carbons (Fsp3) is 1.00. The maximum atomic E-state index is 10.1. The van der Waals surface area contributed by atoms with Crippen molar-refractivity contribution in [1.29, 1.82) is 0 Å². The van der Waals surface area contributed by atoms with Crippen LogP contribution in [0.25, 0.3) is 0 Å². The molecule has 2 rings (SSSR count). The number of aliphatic hydroxyl groups excluding tert-OH is 1. The standard InChI is InChI=1S/C11H20O3/c1-9-13-7-11(8-14-9)6-4-2-3-5-10(11)12/h9-10,12H,2-8H2,1H3. The Kier molecular flexibility index (Phi) is 3.10. The van der Waals surface area contributed by atoms with Gasteiger partial charge in [0.2, 0.25) is 0 Å². The van der Waals surface area contributed by atoms with E-state index in [1.54, 1.807) is 0 Å². The van der Waals surface area contributed by atoms with E-state index in [-0.39, 0.29) is 17.8 Å². The smallest absolute Gasteiger partial charge is 0.154 e. The van der Waals surface area contributed by atoms with E-state index in [9.17, 15) is 5.11 Å². The van der Waals surface area contributed by atoms with Crippen molar-refractivity contribution in [3.8, 4) is 0 Å². The Balaban J connectivity index is 2.03. The van der Waals surface area contributed by atoms with E-state index in [4.69, 9.17) is 9.47 Å². The Bertz CT molecular complexity index is 185. The lowest BCUT2D eigenvalue weighted by Crippen LogP contribution is -2.48. The van der Waals surface area contributed by atoms with E-state index >= 15 is 0 Å². The van der Waals surface area contributed by atoms with Gasteiger partial charge in [-0.2, -0.15) is 0 Å². The third-order valence-corrected chi connectivity index (χ3v) is 3.57. The molecule has 0 aromatic rings. The molecule has 1 unspecified atom stereocenters. The van der Waals surface area contributed by atoms with Crippen LogP contribution in [0.1, 0.15) is 39.0 Å². The maximum Gasteiger partial charge on any atom is 0.154 e. The van der Waals surface area contributed by atoms with Crippen LogP contribution in [0.3, 0.4) is 0 Å². The van der Waals surface area contributed by atoms with Crippen molar-refractivity contribution in [1.82, 2.24) is 0 Å². The summed E-state index contributed by atoms with van der Waals surface area (Å²) in [5.74, 6) is 0. The van der Waals surface area contributed by atoms with Gasteiger partial charge in [-0.3, -0.25) is 0 Å². The van der Waals surface area contributed by atoms with Crippen LogP contribution in [0.15, 0.2) is 0 Å². The van der Waals surface area contributed by atoms with Gasteiger partial charge in [-0.1, -0.05) is 19.3 Å². The third-order valence-electron chi connectivity index (χ3n) is 3.57. The lowest BCUT2D eigenvalue weighted by Gasteiger charge is -2.41. The topological polar surface area (TPSA) is 38.7 Å². The first kappa shape index (κ1) is 10.4. The Morgan fingerprint density at radius 2 is 1.86 bits per heavy atom. The van der Waals surface area contributed by atoms with Crippen molar-refractivity contribution < 1.29 is 14.6 Å². The highest BCUT2D eigenvalue weighted by atomic mass is 16.7. The van der Waals surface area contributed by atoms with Crippen LogP contribution >= 0.6 is 0 Å². The van der Waals surface area contributed by atoms with E-state index in [1.165, 1.54) is 12.8 Å². The minimum atomic E-state index is -0.238. The second-order valence-electron chi connectivity index (χ2n) is 4.67. The quantitative estimate of drug-likeness (QED) is 0.646. The molecule has 14 heavy (non-hydrogen) atoms. The molecule has 1 aliphatic heterocycles. The summed E-state index contributed by atoms with van der Waals surface area (Å²) in [5, 5.41) is 10.1. The molecule has 3 heteroatoms. The first-order valence-corrected chi connectivity index (χ1v) is 5.64. The average Bonchev–Trinajstić information content (AvgIpc) is 2.36. The van der Waals surface area contributed by atoms with Crippen LogP contribution in [-0.4, -0.2) is 30.7 Å². The first-order valence-electron chi connectivity index (χ1n) is 5.64. The normalized spacial score (nSPS) is 45.0. The molecule has 0 aromatic heterocycles. The lowest BCUT2D eigenvalue weighted by atomic mass is 9.79. The predicted molar refractivity (Wildman–Crippen MR) is 52.9 cm³/mol. The highest BCUT2D eigenvalue weighted by Gasteiger charge is 2.42. The van der Waals surface area contributed by atoms with Crippen LogP contribution < -0.4 is 0 Å². The third kappa shape index (κ3) is 1.95. The summed E-state index contributed by atoms with van der Waals surface area (Å²) in [6.45, 7) is 3.24. The summed E-state index contributed by atoms with van der Waals surface area (Å²) in [7, 11) is 0. The lowest BCUT2D eigenvalue weighted by molar-refractivity contribution is -0.243. The molecule has 1 N–H and O–H groups in total. The van der Waals surface area contributed by atoms with Crippen molar-refractivity contribution in [2.45, 2.75) is 51.4 Å². The highest BCUT2D eigenvalue weighted by Crippen LogP contribution is 2.38. The van der Waals surface area contributed by atoms with Crippen molar-refractivity contribution in [3.63, 3.8) is 0 Å². The fourth-order valence-electron chi connectivity index (χ4n) is 2.46. The van der Waals surface area contributed by atoms with Crippen molar-refractivity contribution >= 4 is 0 Å². The molecule has 1 saturated heterocycles. The van der Waals surface area contributed by atoms with Crippen LogP contribution in [0, 0.1) is 5.41 Å². The minimum Gasteiger partial charge on any atom is -0.392 e. The number of hydrogen-bond donors (Lipinski definition) is 1. The van der Waals surface area contributed by atoms with E-state index in [0.717, 1.165) is 19.3 Å². The van der Waals surface area contributed by atoms with Crippen molar-refractivity contribution in [2.75, 3.05) is 13.2 Å². The second kappa shape index (κ2) is 4.17. The van der Waals surface area contributed by atoms with Gasteiger partial charge in [0.25, 0.3) is 0 Å². The van der Waals surface area contributed by atoms with Crippen molar-refractivity contribution in [3.05, 3.63) is 0 Å². The summed E-state index contributed by atoms with van der Waals surface area (Å²) in [6, 6.07) is 0. The number of ether oxygens (including phenoxy) is 2. The highest BCUT2D eigenvalue weighted by molar-refractivity contribution is 4.90. The molecule has 1 heterocycles. The van der Waals surface area contributed by atoms with Gasteiger partial charge in [0, 0.05) is 5.41 Å². The molecule has 1 spiro atoms. The number of hydrogen-bond acceptors (Lipinski definition) is 3. The van der Waals surface area contributed by atoms with E-state index in [2.05, 4.69) is 0 Å². The molecular weight excluding hydrogens is 180 g/mol. The Morgan fingerprint density at radius 3 is 2.57 bits per heavy atom. The predicted octanol–water partition coefficient (Wildman–Crippen LogP) is 1.69. The monoisotopic (exact) mass is 200 g/mol. The Morgan fingerprint density at radius 1 is 1.14 bits per heavy atom. The molecule has 82 valence electrons. The van der Waals surface area contributed by atoms with Crippen LogP contribution in [0.5, 0.6) is 0 Å². The maximum absolute atomic E-state index is 10.1. The zero-order valence-corrected chi connectivity index (χ0v) is 8.87. The molecule has 1 saturated carbocycles. The molecule has 0 bridgehead atoms. The van der Waals surface area contributed by atoms with Gasteiger partial charge in [-0.25, -0.2) is 0 Å². The summed E-state index contributed by atoms with van der Waals surface area (Å²) in [4.78, 5) is 0. The average molecular weight is 200 g/mol. The first-order chi connectivity index (χ1) is 6.73. The fourth-order valence-corrected chi connectivity index (χ4v) is 2.46. The Labute approximate surface area is 85.4 Å². The molecule has 0 amide bonds. The largest absolute Gasteiger partial charge is 0.392 e. The van der Waals surface area contributed by atoms with Crippen LogP contribution in [0.4, 0.5) is 0 Å². The number of rotatable bonds is 0. The summed E-state index contributed by atoms with van der Waals surface area (Å²) < 4.78 is 11.0. The van der Waals surface area contributed by atoms with E-state index in [1.807, 2.05) is 6.92 Å². The van der Waals surface area contributed by atoms with E-state index < -0.39 is 0 Å². The zero-order chi connectivity index (χ0) is 10.0. The molecular formula is C11H20O3. The Hall–Kier alpha value is -0.120. The molecule has 2 aliphatic rings. The molecule has 1 atom stereocenters. The number of aliphatic hydroxyl groups is 1. The van der Waals surface area contributed by atoms with Crippen LogP contribution in [0.2, 0.25) is 0 Å². The molecule has 3 nitrogen and oxygen atoms in total. The van der Waals surface area contributed by atoms with Gasteiger partial charge in [0.15, 0.2) is 6.29 Å². The molecule has 0 aromatic carbocycles. The minimum absolute atomic E-state index is 0.101. The summed E-state index contributed by atoms with van der Waals surface area (Å²) >= 11 is 0. The zero-order valence-electron chi connectivity index (χ0n) is 8.87. The SMILES string of the molecule is CC1OCC2(CCCCCC2O)CO1.